The topological polar surface area (TPSA) is 18.5 Å². The first-order valence-corrected chi connectivity index (χ1v) is 9.13. The minimum atomic E-state index is 0.242. The van der Waals surface area contributed by atoms with Crippen LogP contribution in [0.15, 0.2) is 78.9 Å². The summed E-state index contributed by atoms with van der Waals surface area (Å²) < 4.78 is 11.3. The van der Waals surface area contributed by atoms with Gasteiger partial charge in [0.1, 0.15) is 11.5 Å². The molecule has 0 aliphatic carbocycles. The molecule has 0 amide bonds. The van der Waals surface area contributed by atoms with E-state index in [2.05, 4.69) is 54.6 Å². The van der Waals surface area contributed by atoms with E-state index in [0.29, 0.717) is 0 Å². The Labute approximate surface area is 156 Å². The van der Waals surface area contributed by atoms with Crippen LogP contribution in [-0.2, 0) is 6.42 Å². The predicted molar refractivity (Wildman–Crippen MR) is 107 cm³/mol. The van der Waals surface area contributed by atoms with Gasteiger partial charge in [-0.05, 0) is 37.0 Å². The van der Waals surface area contributed by atoms with Crippen LogP contribution in [0.25, 0.3) is 0 Å². The molecule has 0 fully saturated rings. The van der Waals surface area contributed by atoms with Crippen molar-refractivity contribution >= 4 is 0 Å². The van der Waals surface area contributed by atoms with Crippen LogP contribution in [0.3, 0.4) is 0 Å². The lowest BCUT2D eigenvalue weighted by Gasteiger charge is -2.22. The Morgan fingerprint density at radius 3 is 1.69 bits per heavy atom. The standard InChI is InChI=1S/C24H26O2/c1-25-23-17-8-6-14-21(23)20(22-15-7-9-18-24(22)26-2)16-10-13-19-11-4-3-5-12-19/h3-9,11-12,14-15,17-18,20H,10,13,16H2,1-2H3. The Morgan fingerprint density at radius 2 is 1.15 bits per heavy atom. The van der Waals surface area contributed by atoms with Crippen LogP contribution < -0.4 is 9.47 Å². The van der Waals surface area contributed by atoms with Crippen molar-refractivity contribution < 1.29 is 9.47 Å². The van der Waals surface area contributed by atoms with Crippen molar-refractivity contribution in [2.45, 2.75) is 25.2 Å². The summed E-state index contributed by atoms with van der Waals surface area (Å²) in [5.74, 6) is 2.11. The monoisotopic (exact) mass is 346 g/mol. The van der Waals surface area contributed by atoms with Gasteiger partial charge in [0.15, 0.2) is 0 Å². The molecule has 0 heterocycles. The maximum absolute atomic E-state index is 5.65. The second-order valence-electron chi connectivity index (χ2n) is 6.41. The number of ether oxygens (including phenoxy) is 2. The molecule has 134 valence electrons. The minimum Gasteiger partial charge on any atom is -0.496 e. The first-order chi connectivity index (χ1) is 12.8. The smallest absolute Gasteiger partial charge is 0.122 e. The van der Waals surface area contributed by atoms with Gasteiger partial charge in [-0.25, -0.2) is 0 Å². The maximum Gasteiger partial charge on any atom is 0.122 e. The summed E-state index contributed by atoms with van der Waals surface area (Å²) in [4.78, 5) is 0. The van der Waals surface area contributed by atoms with Crippen molar-refractivity contribution in [1.29, 1.82) is 0 Å². The highest BCUT2D eigenvalue weighted by atomic mass is 16.5. The minimum absolute atomic E-state index is 0.242. The van der Waals surface area contributed by atoms with Gasteiger partial charge in [0.05, 0.1) is 14.2 Å². The number of aryl methyl sites for hydroxylation is 1. The average molecular weight is 346 g/mol. The van der Waals surface area contributed by atoms with E-state index in [9.17, 15) is 0 Å². The van der Waals surface area contributed by atoms with Gasteiger partial charge in [0.25, 0.3) is 0 Å². The highest BCUT2D eigenvalue weighted by molar-refractivity contribution is 5.47. The Hall–Kier alpha value is -2.74. The third-order valence-electron chi connectivity index (χ3n) is 4.83. The molecule has 0 radical (unpaired) electrons. The third-order valence-corrected chi connectivity index (χ3v) is 4.83. The van der Waals surface area contributed by atoms with Crippen molar-refractivity contribution in [2.24, 2.45) is 0 Å². The average Bonchev–Trinajstić information content (AvgIpc) is 2.72. The molecule has 2 nitrogen and oxygen atoms in total. The number of hydrogen-bond donors (Lipinski definition) is 0. The normalized spacial score (nSPS) is 10.7. The summed E-state index contributed by atoms with van der Waals surface area (Å²) in [7, 11) is 3.48. The van der Waals surface area contributed by atoms with Crippen LogP contribution in [0.2, 0.25) is 0 Å². The molecule has 0 N–H and O–H groups in total. The highest BCUT2D eigenvalue weighted by Gasteiger charge is 2.21. The first kappa shape index (κ1) is 18.1. The van der Waals surface area contributed by atoms with Gasteiger partial charge < -0.3 is 9.47 Å². The highest BCUT2D eigenvalue weighted by Crippen LogP contribution is 2.39. The van der Waals surface area contributed by atoms with Crippen molar-refractivity contribution in [3.05, 3.63) is 95.6 Å². The van der Waals surface area contributed by atoms with E-state index in [0.717, 1.165) is 30.8 Å². The molecule has 0 saturated heterocycles. The summed E-state index contributed by atoms with van der Waals surface area (Å²) in [5, 5.41) is 0. The van der Waals surface area contributed by atoms with Crippen LogP contribution in [0.1, 0.15) is 35.4 Å². The zero-order chi connectivity index (χ0) is 18.2. The zero-order valence-corrected chi connectivity index (χ0v) is 15.5. The molecule has 26 heavy (non-hydrogen) atoms. The van der Waals surface area contributed by atoms with Crippen LogP contribution in [0.5, 0.6) is 11.5 Å². The molecule has 0 aliphatic rings. The number of benzene rings is 3. The second-order valence-corrected chi connectivity index (χ2v) is 6.41. The molecule has 0 atom stereocenters. The Balaban J connectivity index is 1.88. The molecule has 0 spiro atoms. The van der Waals surface area contributed by atoms with Crippen molar-refractivity contribution in [3.63, 3.8) is 0 Å². The van der Waals surface area contributed by atoms with Gasteiger partial charge >= 0.3 is 0 Å². The summed E-state index contributed by atoms with van der Waals surface area (Å²) in [6, 6.07) is 27.3. The molecule has 3 aromatic carbocycles. The number of rotatable bonds is 8. The maximum atomic E-state index is 5.65. The largest absolute Gasteiger partial charge is 0.496 e. The fraction of sp³-hybridized carbons (Fsp3) is 0.250. The van der Waals surface area contributed by atoms with E-state index < -0.39 is 0 Å². The van der Waals surface area contributed by atoms with Gasteiger partial charge in [-0.15, -0.1) is 0 Å². The van der Waals surface area contributed by atoms with E-state index in [4.69, 9.17) is 9.47 Å². The quantitative estimate of drug-likeness (QED) is 0.509. The van der Waals surface area contributed by atoms with Gasteiger partial charge in [0.2, 0.25) is 0 Å². The van der Waals surface area contributed by atoms with E-state index in [1.165, 1.54) is 16.7 Å². The van der Waals surface area contributed by atoms with E-state index in [1.54, 1.807) is 14.2 Å². The predicted octanol–water partition coefficient (Wildman–Crippen LogP) is 5.86. The lowest BCUT2D eigenvalue weighted by atomic mass is 9.85. The van der Waals surface area contributed by atoms with Crippen molar-refractivity contribution in [2.75, 3.05) is 14.2 Å². The van der Waals surface area contributed by atoms with Crippen LogP contribution in [0, 0.1) is 0 Å². The number of hydrogen-bond acceptors (Lipinski definition) is 2. The molecule has 0 unspecified atom stereocenters. The van der Waals surface area contributed by atoms with E-state index in [1.807, 2.05) is 24.3 Å². The second kappa shape index (κ2) is 9.10. The van der Waals surface area contributed by atoms with E-state index in [-0.39, 0.29) is 5.92 Å². The third kappa shape index (κ3) is 4.26. The summed E-state index contributed by atoms with van der Waals surface area (Å²) in [5.41, 5.74) is 3.81. The molecule has 0 saturated carbocycles. The van der Waals surface area contributed by atoms with Crippen molar-refractivity contribution in [3.8, 4) is 11.5 Å². The SMILES string of the molecule is COc1ccccc1C(CCCc1ccccc1)c1ccccc1OC. The van der Waals surface area contributed by atoms with Crippen LogP contribution >= 0.6 is 0 Å². The van der Waals surface area contributed by atoms with Gasteiger partial charge in [-0.1, -0.05) is 66.7 Å². The summed E-state index contributed by atoms with van der Waals surface area (Å²) in [6.07, 6.45) is 3.21. The van der Waals surface area contributed by atoms with Crippen LogP contribution in [0.4, 0.5) is 0 Å². The molecule has 0 aromatic heterocycles. The van der Waals surface area contributed by atoms with Gasteiger partial charge in [-0.3, -0.25) is 0 Å². The summed E-state index contributed by atoms with van der Waals surface area (Å²) >= 11 is 0. The van der Waals surface area contributed by atoms with Gasteiger partial charge in [0, 0.05) is 17.0 Å². The van der Waals surface area contributed by atoms with Crippen LogP contribution in [-0.4, -0.2) is 14.2 Å². The zero-order valence-electron chi connectivity index (χ0n) is 15.5. The fourth-order valence-corrected chi connectivity index (χ4v) is 3.54. The molecular weight excluding hydrogens is 320 g/mol. The lowest BCUT2D eigenvalue weighted by Crippen LogP contribution is -2.06. The Morgan fingerprint density at radius 1 is 0.654 bits per heavy atom. The molecule has 2 heteroatoms. The first-order valence-electron chi connectivity index (χ1n) is 9.13. The fourth-order valence-electron chi connectivity index (χ4n) is 3.54. The molecule has 3 rings (SSSR count). The lowest BCUT2D eigenvalue weighted by molar-refractivity contribution is 0.397. The molecular formula is C24H26O2. The number of methoxy groups -OCH3 is 2. The number of para-hydroxylation sites is 2. The Bertz CT molecular complexity index is 764. The molecule has 0 bridgehead atoms. The molecule has 3 aromatic rings. The Kier molecular flexibility index (Phi) is 6.32. The van der Waals surface area contributed by atoms with Crippen molar-refractivity contribution in [1.82, 2.24) is 0 Å². The summed E-state index contributed by atoms with van der Waals surface area (Å²) in [6.45, 7) is 0. The van der Waals surface area contributed by atoms with Gasteiger partial charge in [-0.2, -0.15) is 0 Å². The van der Waals surface area contributed by atoms with E-state index >= 15 is 0 Å². The molecule has 0 aliphatic heterocycles.